The van der Waals surface area contributed by atoms with E-state index in [0.717, 1.165) is 21.5 Å². The number of amides is 4. The second kappa shape index (κ2) is 7.86. The summed E-state index contributed by atoms with van der Waals surface area (Å²) in [6, 6.07) is 10.9. The topological polar surface area (TPSA) is 116 Å². The first-order valence-corrected chi connectivity index (χ1v) is 9.45. The van der Waals surface area contributed by atoms with Crippen molar-refractivity contribution in [3.63, 3.8) is 0 Å². The number of hydrogen-bond acceptors (Lipinski definition) is 5. The minimum absolute atomic E-state index is 0.156. The fourth-order valence-electron chi connectivity index (χ4n) is 3.35. The zero-order valence-corrected chi connectivity index (χ0v) is 16.6. The molecule has 1 saturated heterocycles. The van der Waals surface area contributed by atoms with Gasteiger partial charge >= 0.3 is 6.03 Å². The molecule has 2 aromatic carbocycles. The van der Waals surface area contributed by atoms with E-state index < -0.39 is 18.0 Å². The third-order valence-corrected chi connectivity index (χ3v) is 4.88. The third kappa shape index (κ3) is 3.82. The van der Waals surface area contributed by atoms with Crippen LogP contribution < -0.4 is 20.3 Å². The molecule has 0 spiro atoms. The van der Waals surface area contributed by atoms with Crippen molar-refractivity contribution in [2.75, 3.05) is 12.0 Å². The summed E-state index contributed by atoms with van der Waals surface area (Å²) in [5, 5.41) is 5.29. The number of fused-ring (bicyclic) bond motifs is 1. The Balaban J connectivity index is 1.36. The number of H-pyrrole nitrogens is 1. The highest BCUT2D eigenvalue weighted by molar-refractivity contribution is 6.22. The van der Waals surface area contributed by atoms with Gasteiger partial charge in [0.15, 0.2) is 0 Å². The molecular formula is C21H21N5O4. The average Bonchev–Trinajstić information content (AvgIpc) is 3.26. The van der Waals surface area contributed by atoms with E-state index in [1.807, 2.05) is 25.1 Å². The Morgan fingerprint density at radius 2 is 1.97 bits per heavy atom. The number of imidazole rings is 1. The number of imide groups is 1. The molecule has 1 fully saturated rings. The van der Waals surface area contributed by atoms with Gasteiger partial charge in [0.2, 0.25) is 5.91 Å². The molecule has 4 rings (SSSR count). The molecule has 1 unspecified atom stereocenters. The summed E-state index contributed by atoms with van der Waals surface area (Å²) in [5.74, 6) is 0.398. The van der Waals surface area contributed by atoms with Crippen molar-refractivity contribution in [3.8, 4) is 5.75 Å². The van der Waals surface area contributed by atoms with Gasteiger partial charge in [0.1, 0.15) is 17.6 Å². The van der Waals surface area contributed by atoms with Gasteiger partial charge in [0.25, 0.3) is 5.91 Å². The molecular weight excluding hydrogens is 386 g/mol. The highest BCUT2D eigenvalue weighted by atomic mass is 16.5. The molecule has 0 radical (unpaired) electrons. The Morgan fingerprint density at radius 3 is 2.70 bits per heavy atom. The smallest absolute Gasteiger partial charge is 0.329 e. The van der Waals surface area contributed by atoms with Crippen LogP contribution in [-0.2, 0) is 16.1 Å². The van der Waals surface area contributed by atoms with Crippen LogP contribution in [0.15, 0.2) is 42.5 Å². The van der Waals surface area contributed by atoms with Crippen molar-refractivity contribution in [2.45, 2.75) is 25.9 Å². The van der Waals surface area contributed by atoms with Crippen molar-refractivity contribution < 1.29 is 19.1 Å². The number of methoxy groups -OCH3 is 1. The predicted octanol–water partition coefficient (Wildman–Crippen LogP) is 2.01. The number of nitrogens with one attached hydrogen (secondary N) is 3. The quantitative estimate of drug-likeness (QED) is 0.541. The van der Waals surface area contributed by atoms with Gasteiger partial charge < -0.3 is 20.4 Å². The van der Waals surface area contributed by atoms with Crippen molar-refractivity contribution >= 4 is 34.6 Å². The average molecular weight is 407 g/mol. The molecule has 0 saturated carbocycles. The van der Waals surface area contributed by atoms with Crippen molar-refractivity contribution in [2.24, 2.45) is 0 Å². The number of benzene rings is 2. The van der Waals surface area contributed by atoms with Gasteiger partial charge in [-0.3, -0.25) is 9.59 Å². The lowest BCUT2D eigenvalue weighted by Crippen LogP contribution is -2.36. The van der Waals surface area contributed by atoms with Crippen LogP contribution in [-0.4, -0.2) is 41.0 Å². The van der Waals surface area contributed by atoms with Crippen LogP contribution in [0, 0.1) is 6.92 Å². The predicted molar refractivity (Wildman–Crippen MR) is 110 cm³/mol. The molecule has 9 nitrogen and oxygen atoms in total. The van der Waals surface area contributed by atoms with E-state index in [9.17, 15) is 14.4 Å². The van der Waals surface area contributed by atoms with E-state index in [0.29, 0.717) is 17.3 Å². The van der Waals surface area contributed by atoms with Crippen LogP contribution >= 0.6 is 0 Å². The van der Waals surface area contributed by atoms with E-state index >= 15 is 0 Å². The molecule has 3 aromatic rings. The molecule has 4 amide bonds. The first-order chi connectivity index (χ1) is 14.4. The maximum atomic E-state index is 12.6. The molecule has 0 bridgehead atoms. The Labute approximate surface area is 172 Å². The summed E-state index contributed by atoms with van der Waals surface area (Å²) in [6.07, 6.45) is -0.156. The Bertz CT molecular complexity index is 1120. The molecule has 1 aromatic heterocycles. The van der Waals surface area contributed by atoms with Crippen molar-refractivity contribution in [3.05, 3.63) is 53.9 Å². The largest absolute Gasteiger partial charge is 0.497 e. The number of nitrogens with zero attached hydrogens (tertiary/aromatic N) is 2. The number of ether oxygens (including phenoxy) is 1. The first-order valence-electron chi connectivity index (χ1n) is 9.45. The molecule has 0 aliphatic carbocycles. The number of aryl methyl sites for hydroxylation is 1. The fraction of sp³-hybridized carbons (Fsp3) is 0.238. The van der Waals surface area contributed by atoms with Gasteiger partial charge in [-0.1, -0.05) is 6.07 Å². The third-order valence-electron chi connectivity index (χ3n) is 4.88. The van der Waals surface area contributed by atoms with E-state index in [4.69, 9.17) is 4.74 Å². The van der Waals surface area contributed by atoms with E-state index in [1.54, 1.807) is 24.3 Å². The van der Waals surface area contributed by atoms with Gasteiger partial charge in [-0.2, -0.15) is 0 Å². The standard InChI is InChI=1S/C21H21N5O4/c1-12-3-8-15-16(9-12)24-18(23-15)11-22-19(27)10-17-20(28)26(21(29)25-17)13-4-6-14(30-2)7-5-13/h3-9,17H,10-11H2,1-2H3,(H,22,27)(H,23,24)(H,25,29). The van der Waals surface area contributed by atoms with Gasteiger partial charge in [-0.15, -0.1) is 0 Å². The number of aromatic nitrogens is 2. The number of carbonyl (C=O) groups excluding carboxylic acids is 3. The van der Waals surface area contributed by atoms with Crippen LogP contribution in [0.5, 0.6) is 5.75 Å². The van der Waals surface area contributed by atoms with Gasteiger partial charge in [-0.25, -0.2) is 14.7 Å². The molecule has 9 heteroatoms. The highest BCUT2D eigenvalue weighted by Gasteiger charge is 2.40. The monoisotopic (exact) mass is 407 g/mol. The number of anilines is 1. The van der Waals surface area contributed by atoms with Crippen molar-refractivity contribution in [1.82, 2.24) is 20.6 Å². The van der Waals surface area contributed by atoms with Crippen LogP contribution in [0.1, 0.15) is 17.8 Å². The lowest BCUT2D eigenvalue weighted by atomic mass is 10.2. The maximum absolute atomic E-state index is 12.6. The second-order valence-electron chi connectivity index (χ2n) is 7.06. The molecule has 1 aliphatic heterocycles. The number of hydrogen-bond donors (Lipinski definition) is 3. The normalized spacial score (nSPS) is 16.1. The molecule has 3 N–H and O–H groups in total. The lowest BCUT2D eigenvalue weighted by Gasteiger charge is -2.13. The van der Waals surface area contributed by atoms with Crippen LogP contribution in [0.3, 0.4) is 0 Å². The second-order valence-corrected chi connectivity index (χ2v) is 7.06. The van der Waals surface area contributed by atoms with Crippen LogP contribution in [0.4, 0.5) is 10.5 Å². The molecule has 154 valence electrons. The van der Waals surface area contributed by atoms with E-state index in [1.165, 1.54) is 7.11 Å². The van der Waals surface area contributed by atoms with Crippen molar-refractivity contribution in [1.29, 1.82) is 0 Å². The SMILES string of the molecule is COc1ccc(N2C(=O)NC(CC(=O)NCc3nc4ccc(C)cc4[nH]3)C2=O)cc1. The molecule has 1 atom stereocenters. The zero-order chi connectivity index (χ0) is 21.3. The zero-order valence-electron chi connectivity index (χ0n) is 16.6. The van der Waals surface area contributed by atoms with Gasteiger partial charge in [0.05, 0.1) is 36.8 Å². The summed E-state index contributed by atoms with van der Waals surface area (Å²) >= 11 is 0. The summed E-state index contributed by atoms with van der Waals surface area (Å²) in [4.78, 5) is 45.8. The van der Waals surface area contributed by atoms with Crippen LogP contribution in [0.2, 0.25) is 0 Å². The number of carbonyl (C=O) groups is 3. The minimum Gasteiger partial charge on any atom is -0.497 e. The first kappa shape index (κ1) is 19.4. The molecule has 1 aliphatic rings. The minimum atomic E-state index is -0.919. The van der Waals surface area contributed by atoms with Crippen LogP contribution in [0.25, 0.3) is 11.0 Å². The number of urea groups is 1. The molecule has 30 heavy (non-hydrogen) atoms. The Hall–Kier alpha value is -3.88. The fourth-order valence-corrected chi connectivity index (χ4v) is 3.35. The Morgan fingerprint density at radius 1 is 1.20 bits per heavy atom. The Kier molecular flexibility index (Phi) is 5.09. The summed E-state index contributed by atoms with van der Waals surface area (Å²) in [6.45, 7) is 2.19. The maximum Gasteiger partial charge on any atom is 0.329 e. The lowest BCUT2D eigenvalue weighted by molar-refractivity contribution is -0.125. The van der Waals surface area contributed by atoms with E-state index in [-0.39, 0.29) is 18.9 Å². The number of rotatable bonds is 6. The summed E-state index contributed by atoms with van der Waals surface area (Å²) < 4.78 is 5.08. The summed E-state index contributed by atoms with van der Waals surface area (Å²) in [5.41, 5.74) is 3.24. The molecule has 2 heterocycles. The summed E-state index contributed by atoms with van der Waals surface area (Å²) in [7, 11) is 1.53. The highest BCUT2D eigenvalue weighted by Crippen LogP contribution is 2.23. The van der Waals surface area contributed by atoms with Gasteiger partial charge in [-0.05, 0) is 48.9 Å². The number of aromatic amines is 1. The van der Waals surface area contributed by atoms with E-state index in [2.05, 4.69) is 20.6 Å². The van der Waals surface area contributed by atoms with Gasteiger partial charge in [0, 0.05) is 0 Å².